The summed E-state index contributed by atoms with van der Waals surface area (Å²) in [5.41, 5.74) is 9.20. The summed E-state index contributed by atoms with van der Waals surface area (Å²) in [7, 11) is 0. The maximum absolute atomic E-state index is 4.31. The maximum atomic E-state index is 4.31. The van der Waals surface area contributed by atoms with Crippen LogP contribution in [-0.4, -0.2) is 0 Å². The van der Waals surface area contributed by atoms with Crippen molar-refractivity contribution in [1.82, 2.24) is 0 Å². The van der Waals surface area contributed by atoms with Gasteiger partial charge in [0.25, 0.3) is 0 Å². The standard InChI is InChI=1S/C21H30/c1-10-14(4)12-20-17(7)16(6)18(8)21(19(20)9)15(5)11-13(2)3/h10-13,19H,1,6H2,2-5,7-9H3/b14-12-,15-11-. The predicted molar refractivity (Wildman–Crippen MR) is 96.3 cm³/mol. The van der Waals surface area contributed by atoms with Crippen molar-refractivity contribution in [2.75, 3.05) is 0 Å². The zero-order valence-corrected chi connectivity index (χ0v) is 14.8. The summed E-state index contributed by atoms with van der Waals surface area (Å²) < 4.78 is 0. The Morgan fingerprint density at radius 2 is 1.71 bits per heavy atom. The number of hydrogen-bond donors (Lipinski definition) is 0. The molecule has 1 atom stereocenters. The molecule has 0 nitrogen and oxygen atoms in total. The summed E-state index contributed by atoms with van der Waals surface area (Å²) in [5, 5.41) is 0. The molecular formula is C21H30. The molecule has 0 fully saturated rings. The number of allylic oxidation sites excluding steroid dienone is 10. The van der Waals surface area contributed by atoms with Crippen LogP contribution in [0, 0.1) is 11.8 Å². The van der Waals surface area contributed by atoms with E-state index in [9.17, 15) is 0 Å². The number of hydrogen-bond acceptors (Lipinski definition) is 0. The van der Waals surface area contributed by atoms with E-state index in [-0.39, 0.29) is 0 Å². The van der Waals surface area contributed by atoms with Gasteiger partial charge in [-0.3, -0.25) is 0 Å². The summed E-state index contributed by atoms with van der Waals surface area (Å²) in [5.74, 6) is 0.965. The Labute approximate surface area is 131 Å². The second-order valence-corrected chi connectivity index (χ2v) is 6.51. The normalized spacial score (nSPS) is 21.5. The highest BCUT2D eigenvalue weighted by molar-refractivity contribution is 5.61. The van der Waals surface area contributed by atoms with Crippen LogP contribution in [-0.2, 0) is 0 Å². The second kappa shape index (κ2) is 6.93. The monoisotopic (exact) mass is 282 g/mol. The third-order valence-corrected chi connectivity index (χ3v) is 4.36. The maximum Gasteiger partial charge on any atom is 0.00692 e. The molecule has 1 unspecified atom stereocenters. The van der Waals surface area contributed by atoms with Crippen LogP contribution in [0.15, 0.2) is 70.4 Å². The fourth-order valence-corrected chi connectivity index (χ4v) is 3.19. The summed E-state index contributed by atoms with van der Waals surface area (Å²) >= 11 is 0. The van der Waals surface area contributed by atoms with Gasteiger partial charge in [-0.1, -0.05) is 63.3 Å². The SMILES string of the molecule is C=C/C(C)=C\C1=C(C)C(=C)C(C)=C(/C(C)=C\C(C)C)C1C. The van der Waals surface area contributed by atoms with Crippen LogP contribution in [0.1, 0.15) is 48.5 Å². The smallest absolute Gasteiger partial charge is 0.00692 e. The van der Waals surface area contributed by atoms with Gasteiger partial charge < -0.3 is 0 Å². The average molecular weight is 282 g/mol. The Bertz CT molecular complexity index is 571. The van der Waals surface area contributed by atoms with Crippen LogP contribution in [0.25, 0.3) is 0 Å². The average Bonchev–Trinajstić information content (AvgIpc) is 2.40. The predicted octanol–water partition coefficient (Wildman–Crippen LogP) is 6.56. The van der Waals surface area contributed by atoms with Crippen LogP contribution in [0.2, 0.25) is 0 Å². The molecule has 0 spiro atoms. The van der Waals surface area contributed by atoms with Crippen molar-refractivity contribution >= 4 is 0 Å². The van der Waals surface area contributed by atoms with Crippen LogP contribution in [0.5, 0.6) is 0 Å². The van der Waals surface area contributed by atoms with E-state index < -0.39 is 0 Å². The van der Waals surface area contributed by atoms with Crippen molar-refractivity contribution in [2.24, 2.45) is 11.8 Å². The van der Waals surface area contributed by atoms with E-state index in [4.69, 9.17) is 0 Å². The van der Waals surface area contributed by atoms with Crippen LogP contribution in [0.4, 0.5) is 0 Å². The molecule has 0 heteroatoms. The van der Waals surface area contributed by atoms with Gasteiger partial charge in [0.2, 0.25) is 0 Å². The molecule has 0 amide bonds. The molecule has 1 aliphatic carbocycles. The first-order valence-electron chi connectivity index (χ1n) is 7.81. The summed E-state index contributed by atoms with van der Waals surface area (Å²) in [6, 6.07) is 0. The van der Waals surface area contributed by atoms with Crippen molar-refractivity contribution in [3.8, 4) is 0 Å². The Morgan fingerprint density at radius 1 is 1.14 bits per heavy atom. The molecule has 1 rings (SSSR count). The molecule has 0 bridgehead atoms. The van der Waals surface area contributed by atoms with E-state index in [0.717, 1.165) is 0 Å². The van der Waals surface area contributed by atoms with Gasteiger partial charge in [-0.25, -0.2) is 0 Å². The van der Waals surface area contributed by atoms with Gasteiger partial charge in [0.1, 0.15) is 0 Å². The molecule has 0 saturated heterocycles. The minimum atomic E-state index is 0.403. The van der Waals surface area contributed by atoms with Gasteiger partial charge in [0, 0.05) is 5.92 Å². The summed E-state index contributed by atoms with van der Waals surface area (Å²) in [6.45, 7) is 23.6. The first-order valence-corrected chi connectivity index (χ1v) is 7.81. The zero-order valence-electron chi connectivity index (χ0n) is 14.8. The van der Waals surface area contributed by atoms with Crippen LogP contribution >= 0.6 is 0 Å². The molecule has 0 aromatic heterocycles. The fourth-order valence-electron chi connectivity index (χ4n) is 3.19. The van der Waals surface area contributed by atoms with E-state index >= 15 is 0 Å². The first kappa shape index (κ1) is 17.5. The zero-order chi connectivity index (χ0) is 16.3. The molecule has 0 heterocycles. The van der Waals surface area contributed by atoms with E-state index in [1.807, 2.05) is 6.08 Å². The van der Waals surface area contributed by atoms with E-state index in [1.165, 1.54) is 39.0 Å². The Kier molecular flexibility index (Phi) is 5.78. The summed E-state index contributed by atoms with van der Waals surface area (Å²) in [6.07, 6.45) is 6.52. The van der Waals surface area contributed by atoms with Crippen molar-refractivity contribution < 1.29 is 0 Å². The molecule has 0 aromatic carbocycles. The third-order valence-electron chi connectivity index (χ3n) is 4.36. The topological polar surface area (TPSA) is 0 Å². The minimum Gasteiger partial charge on any atom is -0.0988 e. The fraction of sp³-hybridized carbons (Fsp3) is 0.429. The molecule has 114 valence electrons. The van der Waals surface area contributed by atoms with Gasteiger partial charge >= 0.3 is 0 Å². The lowest BCUT2D eigenvalue weighted by molar-refractivity contribution is 0.771. The molecule has 0 aliphatic heterocycles. The molecular weight excluding hydrogens is 252 g/mol. The van der Waals surface area contributed by atoms with Gasteiger partial charge in [0.15, 0.2) is 0 Å². The van der Waals surface area contributed by atoms with Crippen LogP contribution in [0.3, 0.4) is 0 Å². The Hall–Kier alpha value is -1.56. The molecule has 1 aliphatic rings. The highest BCUT2D eigenvalue weighted by atomic mass is 14.3. The first-order chi connectivity index (χ1) is 9.70. The quantitative estimate of drug-likeness (QED) is 0.512. The Morgan fingerprint density at radius 3 is 2.19 bits per heavy atom. The van der Waals surface area contributed by atoms with Crippen molar-refractivity contribution in [3.63, 3.8) is 0 Å². The van der Waals surface area contributed by atoms with Crippen molar-refractivity contribution in [1.29, 1.82) is 0 Å². The van der Waals surface area contributed by atoms with Gasteiger partial charge in [0.05, 0.1) is 0 Å². The van der Waals surface area contributed by atoms with Crippen LogP contribution < -0.4 is 0 Å². The highest BCUT2D eigenvalue weighted by Gasteiger charge is 2.25. The molecule has 21 heavy (non-hydrogen) atoms. The summed E-state index contributed by atoms with van der Waals surface area (Å²) in [4.78, 5) is 0. The van der Waals surface area contributed by atoms with E-state index in [0.29, 0.717) is 11.8 Å². The van der Waals surface area contributed by atoms with Gasteiger partial charge in [-0.15, -0.1) is 0 Å². The lowest BCUT2D eigenvalue weighted by Gasteiger charge is -2.30. The minimum absolute atomic E-state index is 0.403. The van der Waals surface area contributed by atoms with E-state index in [1.54, 1.807) is 0 Å². The largest absolute Gasteiger partial charge is 0.0988 e. The lowest BCUT2D eigenvalue weighted by atomic mass is 9.74. The third kappa shape index (κ3) is 3.75. The Balaban J connectivity index is 3.43. The van der Waals surface area contributed by atoms with Crippen molar-refractivity contribution in [2.45, 2.75) is 48.5 Å². The molecule has 0 radical (unpaired) electrons. The van der Waals surface area contributed by atoms with E-state index in [2.05, 4.69) is 73.8 Å². The lowest BCUT2D eigenvalue weighted by Crippen LogP contribution is -2.15. The number of rotatable bonds is 4. The second-order valence-electron chi connectivity index (χ2n) is 6.51. The molecule has 0 saturated carbocycles. The van der Waals surface area contributed by atoms with Gasteiger partial charge in [-0.05, 0) is 61.5 Å². The van der Waals surface area contributed by atoms with Crippen molar-refractivity contribution in [3.05, 3.63) is 70.4 Å². The van der Waals surface area contributed by atoms with Gasteiger partial charge in [-0.2, -0.15) is 0 Å². The highest BCUT2D eigenvalue weighted by Crippen LogP contribution is 2.41. The molecule has 0 N–H and O–H groups in total. The molecule has 0 aromatic rings.